The Morgan fingerprint density at radius 2 is 1.02 bits per heavy atom. The average Bonchev–Trinajstić information content (AvgIpc) is 3.69. The second kappa shape index (κ2) is 17.7. The fraction of sp³-hybridized carbons (Fsp3) is 0.431. The number of carbonyl (C=O) groups is 1. The van der Waals surface area contributed by atoms with Gasteiger partial charge in [-0.1, -0.05) is 93.9 Å². The lowest BCUT2D eigenvalue weighted by Crippen LogP contribution is -2.41. The fourth-order valence-corrected chi connectivity index (χ4v) is 9.93. The van der Waals surface area contributed by atoms with Crippen LogP contribution in [-0.2, 0) is 24.9 Å². The minimum Gasteiger partial charge on any atom is -0.508 e. The van der Waals surface area contributed by atoms with Gasteiger partial charge < -0.3 is 24.3 Å². The molecule has 0 spiro atoms. The van der Waals surface area contributed by atoms with Crippen molar-refractivity contribution in [2.24, 2.45) is 0 Å². The third-order valence-electron chi connectivity index (χ3n) is 13.6. The SMILES string of the molecule is CCC(CC)(c1ccc(O)c(C)c1)c1ccc(-c2sc(C(=O)OC)cc2C)c(C)c1.CCC(CC)(c1ccc(O)c(C)c1)c1ccc(B2OC(C)(C)C(C)(C)O2)c(C)c1. The molecule has 6 nitrogen and oxygen atoms in total. The number of rotatable bonds is 11. The van der Waals surface area contributed by atoms with Gasteiger partial charge in [-0.2, -0.15) is 0 Å². The Hall–Kier alpha value is -4.37. The second-order valence-corrected chi connectivity index (χ2v) is 18.4. The highest BCUT2D eigenvalue weighted by Crippen LogP contribution is 2.44. The van der Waals surface area contributed by atoms with Crippen LogP contribution in [0.2, 0.25) is 0 Å². The zero-order valence-electron chi connectivity index (χ0n) is 37.8. The van der Waals surface area contributed by atoms with E-state index in [4.69, 9.17) is 14.0 Å². The minimum absolute atomic E-state index is 0.0856. The van der Waals surface area contributed by atoms with E-state index in [1.54, 1.807) is 6.07 Å². The highest BCUT2D eigenvalue weighted by Gasteiger charge is 2.52. The van der Waals surface area contributed by atoms with Gasteiger partial charge in [0.1, 0.15) is 16.4 Å². The lowest BCUT2D eigenvalue weighted by molar-refractivity contribution is 0.00578. The van der Waals surface area contributed by atoms with Crippen molar-refractivity contribution in [3.8, 4) is 21.9 Å². The zero-order chi connectivity index (χ0) is 43.7. The van der Waals surface area contributed by atoms with E-state index >= 15 is 0 Å². The summed E-state index contributed by atoms with van der Waals surface area (Å²) in [7, 11) is 1.07. The largest absolute Gasteiger partial charge is 0.508 e. The lowest BCUT2D eigenvalue weighted by atomic mass is 9.68. The Bertz CT molecular complexity index is 2280. The van der Waals surface area contributed by atoms with Crippen molar-refractivity contribution in [1.82, 2.24) is 0 Å². The molecule has 6 rings (SSSR count). The molecular weight excluding hydrogens is 751 g/mol. The monoisotopic (exact) mass is 816 g/mol. The number of aryl methyl sites for hydroxylation is 5. The molecule has 1 aliphatic heterocycles. The van der Waals surface area contributed by atoms with E-state index in [0.29, 0.717) is 16.4 Å². The number of benzene rings is 4. The number of aromatic hydroxyl groups is 2. The van der Waals surface area contributed by atoms with Crippen LogP contribution < -0.4 is 5.46 Å². The molecule has 8 heteroatoms. The molecular formula is C51H65BO6S. The van der Waals surface area contributed by atoms with Crippen molar-refractivity contribution in [2.45, 2.75) is 138 Å². The lowest BCUT2D eigenvalue weighted by Gasteiger charge is -2.34. The van der Waals surface area contributed by atoms with E-state index < -0.39 is 0 Å². The number of hydrogen-bond acceptors (Lipinski definition) is 7. The van der Waals surface area contributed by atoms with Crippen molar-refractivity contribution >= 4 is 29.9 Å². The summed E-state index contributed by atoms with van der Waals surface area (Å²) in [5, 5.41) is 20.0. The molecule has 0 aliphatic carbocycles. The maximum absolute atomic E-state index is 11.9. The molecule has 0 bridgehead atoms. The number of methoxy groups -OCH3 is 1. The summed E-state index contributed by atoms with van der Waals surface area (Å²) < 4.78 is 17.4. The topological polar surface area (TPSA) is 85.2 Å². The number of thiophene rings is 1. The van der Waals surface area contributed by atoms with Crippen LogP contribution in [0.1, 0.15) is 141 Å². The first kappa shape index (κ1) is 45.7. The van der Waals surface area contributed by atoms with Crippen LogP contribution in [0, 0.1) is 34.6 Å². The van der Waals surface area contributed by atoms with Gasteiger partial charge in [-0.05, 0) is 162 Å². The molecule has 1 aliphatic rings. The molecule has 0 unspecified atom stereocenters. The predicted octanol–water partition coefficient (Wildman–Crippen LogP) is 12.4. The number of phenolic OH excluding ortho intramolecular Hbond substituents is 2. The number of esters is 1. The Morgan fingerprint density at radius 1 is 0.610 bits per heavy atom. The van der Waals surface area contributed by atoms with Crippen LogP contribution in [0.5, 0.6) is 11.5 Å². The van der Waals surface area contributed by atoms with E-state index in [-0.39, 0.29) is 35.1 Å². The summed E-state index contributed by atoms with van der Waals surface area (Å²) in [6.07, 6.45) is 3.92. The van der Waals surface area contributed by atoms with Crippen LogP contribution >= 0.6 is 11.3 Å². The van der Waals surface area contributed by atoms with Crippen molar-refractivity contribution in [2.75, 3.05) is 7.11 Å². The van der Waals surface area contributed by atoms with Gasteiger partial charge in [0.05, 0.1) is 18.3 Å². The predicted molar refractivity (Wildman–Crippen MR) is 246 cm³/mol. The maximum atomic E-state index is 11.9. The number of carbonyl (C=O) groups excluding carboxylic acids is 1. The number of phenols is 2. The summed E-state index contributed by atoms with van der Waals surface area (Å²) in [6, 6.07) is 27.2. The van der Waals surface area contributed by atoms with Gasteiger partial charge in [0.2, 0.25) is 0 Å². The fourth-order valence-electron chi connectivity index (χ4n) is 8.75. The Morgan fingerprint density at radius 3 is 1.41 bits per heavy atom. The standard InChI is InChI=1S/C26H30O3S.C25H35BO3/c1-7-26(8-2,20-10-12-22(27)17(4)14-20)19-9-11-21(16(3)13-19)24-18(5)15-23(30-24)25(28)29-6;1-9-25(10-2,20-12-14-22(27)18(4)16-20)19-11-13-21(17(3)15-19)26-28-23(5,6)24(7,8)29-26/h9-15,27H,7-8H2,1-6H3;11-16,27H,9-10H2,1-8H3. The molecule has 2 heterocycles. The molecule has 4 aromatic carbocycles. The molecule has 1 saturated heterocycles. The first-order chi connectivity index (χ1) is 27.7. The normalized spacial score (nSPS) is 14.8. The molecule has 0 saturated carbocycles. The summed E-state index contributed by atoms with van der Waals surface area (Å²) >= 11 is 1.48. The van der Waals surface area contributed by atoms with E-state index in [2.05, 4.69) is 124 Å². The smallest absolute Gasteiger partial charge is 0.495 e. The van der Waals surface area contributed by atoms with Gasteiger partial charge in [-0.3, -0.25) is 0 Å². The summed E-state index contributed by atoms with van der Waals surface area (Å²) in [5.74, 6) is 0.394. The highest BCUT2D eigenvalue weighted by molar-refractivity contribution is 7.17. The van der Waals surface area contributed by atoms with Gasteiger partial charge >= 0.3 is 13.1 Å². The molecule has 0 radical (unpaired) electrons. The number of ether oxygens (including phenoxy) is 1. The minimum atomic E-state index is -0.345. The van der Waals surface area contributed by atoms with Crippen LogP contribution in [0.15, 0.2) is 78.9 Å². The van der Waals surface area contributed by atoms with Crippen molar-refractivity contribution < 1.29 is 29.1 Å². The van der Waals surface area contributed by atoms with Crippen LogP contribution in [-0.4, -0.2) is 41.6 Å². The van der Waals surface area contributed by atoms with Crippen molar-refractivity contribution in [1.29, 1.82) is 0 Å². The molecule has 314 valence electrons. The third kappa shape index (κ3) is 8.64. The van der Waals surface area contributed by atoms with Crippen LogP contribution in [0.4, 0.5) is 0 Å². The van der Waals surface area contributed by atoms with Crippen LogP contribution in [0.25, 0.3) is 10.4 Å². The Labute approximate surface area is 358 Å². The van der Waals surface area contributed by atoms with Gasteiger partial charge in [0, 0.05) is 15.7 Å². The van der Waals surface area contributed by atoms with Gasteiger partial charge in [-0.15, -0.1) is 11.3 Å². The Kier molecular flexibility index (Phi) is 13.7. The van der Waals surface area contributed by atoms with E-state index in [1.165, 1.54) is 51.8 Å². The molecule has 59 heavy (non-hydrogen) atoms. The van der Waals surface area contributed by atoms with Crippen molar-refractivity contribution in [3.63, 3.8) is 0 Å². The van der Waals surface area contributed by atoms with Crippen molar-refractivity contribution in [3.05, 3.63) is 134 Å². The highest BCUT2D eigenvalue weighted by atomic mass is 32.1. The molecule has 2 N–H and O–H groups in total. The maximum Gasteiger partial charge on any atom is 0.495 e. The first-order valence-corrected chi connectivity index (χ1v) is 21.9. The van der Waals surface area contributed by atoms with Gasteiger partial charge in [0.25, 0.3) is 0 Å². The summed E-state index contributed by atoms with van der Waals surface area (Å²) in [6.45, 7) is 27.5. The summed E-state index contributed by atoms with van der Waals surface area (Å²) in [5.41, 5.74) is 11.7. The molecule has 1 aromatic heterocycles. The quantitative estimate of drug-likeness (QED) is 0.102. The molecule has 0 atom stereocenters. The van der Waals surface area contributed by atoms with Gasteiger partial charge in [-0.25, -0.2) is 4.79 Å². The van der Waals surface area contributed by atoms with Gasteiger partial charge in [0.15, 0.2) is 0 Å². The number of hydrogen-bond donors (Lipinski definition) is 2. The average molecular weight is 817 g/mol. The van der Waals surface area contributed by atoms with E-state index in [9.17, 15) is 15.0 Å². The molecule has 1 fully saturated rings. The Balaban J connectivity index is 0.000000224. The first-order valence-electron chi connectivity index (χ1n) is 21.1. The van der Waals surface area contributed by atoms with E-state index in [1.807, 2.05) is 39.0 Å². The molecule has 5 aromatic rings. The second-order valence-electron chi connectivity index (χ2n) is 17.4. The molecule has 0 amide bonds. The van der Waals surface area contributed by atoms with Crippen LogP contribution in [0.3, 0.4) is 0 Å². The third-order valence-corrected chi connectivity index (χ3v) is 14.8. The zero-order valence-corrected chi connectivity index (χ0v) is 38.7. The van der Waals surface area contributed by atoms with E-state index in [0.717, 1.165) is 58.3 Å². The summed E-state index contributed by atoms with van der Waals surface area (Å²) in [4.78, 5) is 13.7.